The number of nitrogens with zero attached hydrogens (tertiary/aromatic N) is 2. The lowest BCUT2D eigenvalue weighted by molar-refractivity contribution is 1.18. The van der Waals surface area contributed by atoms with Crippen LogP contribution < -0.4 is 32.8 Å². The van der Waals surface area contributed by atoms with Crippen molar-refractivity contribution in [2.45, 2.75) is 0 Å². The predicted molar refractivity (Wildman–Crippen MR) is 297 cm³/mol. The highest BCUT2D eigenvalue weighted by Crippen LogP contribution is 2.47. The van der Waals surface area contributed by atoms with Gasteiger partial charge in [0.25, 0.3) is 0 Å². The molecule has 2 nitrogen and oxygen atoms in total. The van der Waals surface area contributed by atoms with Crippen molar-refractivity contribution in [3.63, 3.8) is 0 Å². The second-order valence-electron chi connectivity index (χ2n) is 19.7. The molecule has 0 atom stereocenters. The van der Waals surface area contributed by atoms with Crippen LogP contribution >= 0.6 is 0 Å². The van der Waals surface area contributed by atoms with Gasteiger partial charge < -0.3 is 9.13 Å². The van der Waals surface area contributed by atoms with E-state index in [1.807, 2.05) is 0 Å². The van der Waals surface area contributed by atoms with Crippen molar-refractivity contribution < 1.29 is 0 Å². The third-order valence-corrected chi connectivity index (χ3v) is 16.6. The zero-order chi connectivity index (χ0) is 45.3. The molecule has 0 spiro atoms. The van der Waals surface area contributed by atoms with Gasteiger partial charge >= 0.3 is 0 Å². The third kappa shape index (κ3) is 4.53. The summed E-state index contributed by atoms with van der Waals surface area (Å²) in [6.45, 7) is -0.189. The number of para-hydroxylation sites is 2. The summed E-state index contributed by atoms with van der Waals surface area (Å²) < 4.78 is 5.33. The summed E-state index contributed by atoms with van der Waals surface area (Å²) in [4.78, 5) is 0. The minimum atomic E-state index is -0.103. The maximum atomic E-state index is 2.70. The molecule has 0 aliphatic carbocycles. The fourth-order valence-corrected chi connectivity index (χ4v) is 14.0. The smallest absolute Gasteiger partial charge is 0.248 e. The molecule has 0 unspecified atom stereocenters. The monoisotopic (exact) mass is 880 g/mol. The Hall–Kier alpha value is -8.85. The van der Waals surface area contributed by atoms with E-state index in [2.05, 4.69) is 240 Å². The number of hydrogen-bond acceptors (Lipinski definition) is 0. The zero-order valence-corrected chi connectivity index (χ0v) is 38.0. The summed E-state index contributed by atoms with van der Waals surface area (Å²) in [5.74, 6) is 0. The topological polar surface area (TPSA) is 9.86 Å². The van der Waals surface area contributed by atoms with Crippen LogP contribution in [0.1, 0.15) is 0 Å². The van der Waals surface area contributed by atoms with Crippen LogP contribution in [0, 0.1) is 0 Å². The molecule has 318 valence electrons. The van der Waals surface area contributed by atoms with E-state index in [4.69, 9.17) is 0 Å². The molecule has 11 aromatic carbocycles. The van der Waals surface area contributed by atoms with Crippen molar-refractivity contribution >= 4 is 89.8 Å². The van der Waals surface area contributed by atoms with Crippen molar-refractivity contribution in [2.75, 3.05) is 0 Å². The molecule has 70 heavy (non-hydrogen) atoms. The summed E-state index contributed by atoms with van der Waals surface area (Å²) in [7, 11) is 0. The number of rotatable bonds is 0. The lowest BCUT2D eigenvalue weighted by atomic mass is 9.30. The van der Waals surface area contributed by atoms with Gasteiger partial charge in [-0.05, 0) is 107 Å². The Bertz CT molecular complexity index is 4510. The summed E-state index contributed by atoms with van der Waals surface area (Å²) >= 11 is 0. The first-order valence-corrected chi connectivity index (χ1v) is 24.7. The lowest BCUT2D eigenvalue weighted by Crippen LogP contribution is -2.61. The van der Waals surface area contributed by atoms with E-state index in [-0.39, 0.29) is 13.4 Å². The number of hydrogen-bond donors (Lipinski definition) is 0. The minimum Gasteiger partial charge on any atom is -0.310 e. The van der Waals surface area contributed by atoms with Gasteiger partial charge in [0.05, 0.1) is 22.2 Å². The highest BCUT2D eigenvalue weighted by molar-refractivity contribution is 7.02. The van der Waals surface area contributed by atoms with E-state index in [9.17, 15) is 0 Å². The average molecular weight is 881 g/mol. The molecule has 0 fully saturated rings. The molecule has 0 radical (unpaired) electrons. The molecule has 17 rings (SSSR count). The highest BCUT2D eigenvalue weighted by Gasteiger charge is 2.44. The van der Waals surface area contributed by atoms with Crippen molar-refractivity contribution in [3.05, 3.63) is 231 Å². The van der Waals surface area contributed by atoms with E-state index in [1.165, 1.54) is 155 Å². The number of fused-ring (bicyclic) bond motifs is 26. The Kier molecular flexibility index (Phi) is 7.13. The van der Waals surface area contributed by atoms with Crippen LogP contribution in [0.5, 0.6) is 0 Å². The second kappa shape index (κ2) is 13.4. The predicted octanol–water partition coefficient (Wildman–Crippen LogP) is 12.2. The Labute approximate surface area is 405 Å². The summed E-state index contributed by atoms with van der Waals surface area (Å²) in [5.41, 5.74) is 30.9. The maximum Gasteiger partial charge on any atom is 0.248 e. The minimum absolute atomic E-state index is 0.0858. The molecule has 6 heterocycles. The van der Waals surface area contributed by atoms with Gasteiger partial charge in [-0.1, -0.05) is 223 Å². The summed E-state index contributed by atoms with van der Waals surface area (Å²) in [6.07, 6.45) is 0. The molecular weight excluding hydrogens is 842 g/mol. The van der Waals surface area contributed by atoms with Gasteiger partial charge in [0.15, 0.2) is 0 Å². The first kappa shape index (κ1) is 37.2. The first-order valence-electron chi connectivity index (χ1n) is 24.7. The van der Waals surface area contributed by atoms with Gasteiger partial charge in [0.2, 0.25) is 13.4 Å². The van der Waals surface area contributed by atoms with Gasteiger partial charge in [-0.15, -0.1) is 0 Å². The molecule has 4 aliphatic heterocycles. The Balaban J connectivity index is 1.13. The SMILES string of the molecule is c1ccc2c(c1)B1c3c(cccc3-n3c4ccccc4c4c5c(cc1c43)B1c3ccccc3-c3ccccc3-c3ccccc3-c3ccc4c6ccccc6n-5c4c31)-c1ccccc1-c1ccccc1-2. The van der Waals surface area contributed by atoms with Crippen molar-refractivity contribution in [2.24, 2.45) is 0 Å². The largest absolute Gasteiger partial charge is 0.310 e. The van der Waals surface area contributed by atoms with Crippen LogP contribution in [-0.4, -0.2) is 22.6 Å². The molecule has 4 aliphatic rings. The molecule has 0 amide bonds. The van der Waals surface area contributed by atoms with Crippen molar-refractivity contribution in [1.82, 2.24) is 9.13 Å². The van der Waals surface area contributed by atoms with Gasteiger partial charge in [-0.25, -0.2) is 0 Å². The number of benzene rings is 11. The van der Waals surface area contributed by atoms with E-state index in [0.29, 0.717) is 0 Å². The molecule has 0 saturated carbocycles. The third-order valence-electron chi connectivity index (χ3n) is 16.6. The van der Waals surface area contributed by atoms with Crippen LogP contribution in [0.3, 0.4) is 0 Å². The maximum absolute atomic E-state index is 2.70. The van der Waals surface area contributed by atoms with Crippen LogP contribution in [0.15, 0.2) is 231 Å². The summed E-state index contributed by atoms with van der Waals surface area (Å²) in [5, 5.41) is 5.16. The van der Waals surface area contributed by atoms with E-state index in [1.54, 1.807) is 0 Å². The molecular formula is C66H38B2N2. The first-order chi connectivity index (χ1) is 34.8. The fraction of sp³-hybridized carbons (Fsp3) is 0. The van der Waals surface area contributed by atoms with Crippen molar-refractivity contribution in [1.29, 1.82) is 0 Å². The lowest BCUT2D eigenvalue weighted by Gasteiger charge is -2.34. The molecule has 0 bridgehead atoms. The fourth-order valence-electron chi connectivity index (χ4n) is 14.0. The second-order valence-corrected chi connectivity index (χ2v) is 19.7. The van der Waals surface area contributed by atoms with E-state index >= 15 is 0 Å². The van der Waals surface area contributed by atoms with Crippen molar-refractivity contribution in [3.8, 4) is 78.1 Å². The number of aromatic nitrogens is 2. The zero-order valence-electron chi connectivity index (χ0n) is 38.0. The Morgan fingerprint density at radius 3 is 1.27 bits per heavy atom. The van der Waals surface area contributed by atoms with Crippen LogP contribution in [0.4, 0.5) is 0 Å². The molecule has 4 heteroatoms. The van der Waals surface area contributed by atoms with E-state index < -0.39 is 0 Å². The van der Waals surface area contributed by atoms with Gasteiger partial charge in [-0.3, -0.25) is 0 Å². The molecule has 0 N–H and O–H groups in total. The molecule has 13 aromatic rings. The quantitative estimate of drug-likeness (QED) is 0.134. The molecule has 0 saturated heterocycles. The van der Waals surface area contributed by atoms with Crippen LogP contribution in [-0.2, 0) is 0 Å². The standard InChI is InChI=1S/C66H38B2N2/c1-5-22-43-39(18-1)41-20-3-7-24-45(41)50-30-17-35-60-62(50)67(54-31-13-9-26-47(43)54)56-38-57-66(61-53-29-12-16-34-59(53)69(60)65(56)61)70-58-33-15-11-28-49(58)52-37-36-51-46-25-8-4-21-42(46)40-19-2-6-23-44(40)48-27-10-14-32-55(48)68(57)63(51)64(52)70/h1-38H. The normalized spacial score (nSPS) is 13.1. The van der Waals surface area contributed by atoms with Crippen LogP contribution in [0.2, 0.25) is 0 Å². The van der Waals surface area contributed by atoms with Gasteiger partial charge in [-0.2, -0.15) is 0 Å². The highest BCUT2D eigenvalue weighted by atomic mass is 15.0. The Morgan fingerprint density at radius 1 is 0.257 bits per heavy atom. The van der Waals surface area contributed by atoms with E-state index in [0.717, 1.165) is 0 Å². The average Bonchev–Trinajstić information content (AvgIpc) is 3.97. The molecule has 2 aromatic heterocycles. The van der Waals surface area contributed by atoms with Gasteiger partial charge in [0.1, 0.15) is 0 Å². The van der Waals surface area contributed by atoms with Gasteiger partial charge in [0, 0.05) is 32.7 Å². The summed E-state index contributed by atoms with van der Waals surface area (Å²) in [6, 6.07) is 88.1. The van der Waals surface area contributed by atoms with Crippen LogP contribution in [0.25, 0.3) is 122 Å². The Morgan fingerprint density at radius 2 is 0.686 bits per heavy atom.